The summed E-state index contributed by atoms with van der Waals surface area (Å²) in [6.07, 6.45) is 4.47. The van der Waals surface area contributed by atoms with E-state index < -0.39 is 6.10 Å². The monoisotopic (exact) mass is 299 g/mol. The van der Waals surface area contributed by atoms with Crippen molar-refractivity contribution in [2.45, 2.75) is 19.6 Å². The van der Waals surface area contributed by atoms with Crippen molar-refractivity contribution < 1.29 is 5.11 Å². The molecule has 2 rings (SSSR count). The fourth-order valence-corrected chi connectivity index (χ4v) is 1.89. The van der Waals surface area contributed by atoms with E-state index in [4.69, 9.17) is 0 Å². The Kier molecular flexibility index (Phi) is 6.32. The van der Waals surface area contributed by atoms with Crippen LogP contribution in [0.3, 0.4) is 0 Å². The number of aromatic nitrogens is 2. The SMILES string of the molecule is CCNC(=NCc1ccccn1)NCC(O)c1ccncc1. The number of nitrogens with zero attached hydrogens (tertiary/aromatic N) is 3. The molecule has 0 amide bonds. The Labute approximate surface area is 130 Å². The van der Waals surface area contributed by atoms with Gasteiger partial charge in [0.25, 0.3) is 0 Å². The molecule has 6 heteroatoms. The zero-order chi connectivity index (χ0) is 15.6. The van der Waals surface area contributed by atoms with Crippen LogP contribution in [0.1, 0.15) is 24.3 Å². The number of aliphatic hydroxyl groups is 1. The molecule has 116 valence electrons. The van der Waals surface area contributed by atoms with Gasteiger partial charge in [0.2, 0.25) is 0 Å². The molecule has 1 atom stereocenters. The molecule has 0 radical (unpaired) electrons. The van der Waals surface area contributed by atoms with Crippen molar-refractivity contribution in [3.8, 4) is 0 Å². The highest BCUT2D eigenvalue weighted by Gasteiger charge is 2.07. The Bertz CT molecular complexity index is 574. The molecule has 0 aliphatic rings. The lowest BCUT2D eigenvalue weighted by Crippen LogP contribution is -2.39. The van der Waals surface area contributed by atoms with E-state index in [2.05, 4.69) is 25.6 Å². The van der Waals surface area contributed by atoms with Gasteiger partial charge >= 0.3 is 0 Å². The van der Waals surface area contributed by atoms with Gasteiger partial charge < -0.3 is 15.7 Å². The quantitative estimate of drug-likeness (QED) is 0.552. The molecule has 3 N–H and O–H groups in total. The average molecular weight is 299 g/mol. The Morgan fingerprint density at radius 3 is 2.68 bits per heavy atom. The number of rotatable bonds is 6. The summed E-state index contributed by atoms with van der Waals surface area (Å²) in [5.41, 5.74) is 1.72. The first-order valence-corrected chi connectivity index (χ1v) is 7.29. The topological polar surface area (TPSA) is 82.4 Å². The van der Waals surface area contributed by atoms with E-state index >= 15 is 0 Å². The molecule has 22 heavy (non-hydrogen) atoms. The lowest BCUT2D eigenvalue weighted by molar-refractivity contribution is 0.180. The number of guanidine groups is 1. The van der Waals surface area contributed by atoms with Crippen molar-refractivity contribution in [2.24, 2.45) is 4.99 Å². The van der Waals surface area contributed by atoms with Gasteiger partial charge in [0, 0.05) is 31.7 Å². The standard InChI is InChI=1S/C16H21N5O/c1-2-18-16(20-11-14-5-3-4-8-19-14)21-12-15(22)13-6-9-17-10-7-13/h3-10,15,22H,2,11-12H2,1H3,(H2,18,20,21). The normalized spacial score (nSPS) is 12.7. The van der Waals surface area contributed by atoms with Crippen LogP contribution in [-0.4, -0.2) is 34.1 Å². The second-order valence-electron chi connectivity index (χ2n) is 4.69. The maximum Gasteiger partial charge on any atom is 0.191 e. The van der Waals surface area contributed by atoms with E-state index in [0.29, 0.717) is 19.0 Å². The zero-order valence-corrected chi connectivity index (χ0v) is 12.6. The number of nitrogens with one attached hydrogen (secondary N) is 2. The molecule has 2 aromatic heterocycles. The smallest absolute Gasteiger partial charge is 0.191 e. The van der Waals surface area contributed by atoms with Crippen molar-refractivity contribution in [2.75, 3.05) is 13.1 Å². The van der Waals surface area contributed by atoms with Gasteiger partial charge in [0.15, 0.2) is 5.96 Å². The van der Waals surface area contributed by atoms with Crippen LogP contribution in [0, 0.1) is 0 Å². The van der Waals surface area contributed by atoms with Crippen molar-refractivity contribution in [3.63, 3.8) is 0 Å². The van der Waals surface area contributed by atoms with Gasteiger partial charge in [0.05, 0.1) is 18.3 Å². The third kappa shape index (κ3) is 5.14. The third-order valence-corrected chi connectivity index (χ3v) is 3.02. The highest BCUT2D eigenvalue weighted by atomic mass is 16.3. The molecule has 0 fully saturated rings. The van der Waals surface area contributed by atoms with E-state index in [9.17, 15) is 5.11 Å². The molecule has 0 saturated heterocycles. The molecule has 2 heterocycles. The van der Waals surface area contributed by atoms with Gasteiger partial charge in [-0.1, -0.05) is 6.07 Å². The second-order valence-corrected chi connectivity index (χ2v) is 4.69. The van der Waals surface area contributed by atoms with E-state index in [-0.39, 0.29) is 0 Å². The molecule has 0 bridgehead atoms. The number of aliphatic hydroxyl groups excluding tert-OH is 1. The summed E-state index contributed by atoms with van der Waals surface area (Å²) in [4.78, 5) is 12.6. The summed E-state index contributed by atoms with van der Waals surface area (Å²) in [5, 5.41) is 16.4. The average Bonchev–Trinajstić information content (AvgIpc) is 2.59. The Balaban J connectivity index is 1.91. The minimum absolute atomic E-state index is 0.373. The Morgan fingerprint density at radius 2 is 2.00 bits per heavy atom. The van der Waals surface area contributed by atoms with Crippen LogP contribution >= 0.6 is 0 Å². The number of pyridine rings is 2. The van der Waals surface area contributed by atoms with Crippen molar-refractivity contribution >= 4 is 5.96 Å². The van der Waals surface area contributed by atoms with Gasteiger partial charge in [-0.2, -0.15) is 0 Å². The van der Waals surface area contributed by atoms with Crippen LogP contribution < -0.4 is 10.6 Å². The van der Waals surface area contributed by atoms with Gasteiger partial charge in [-0.25, -0.2) is 4.99 Å². The highest BCUT2D eigenvalue weighted by molar-refractivity contribution is 5.79. The molecule has 0 aromatic carbocycles. The van der Waals surface area contributed by atoms with E-state index in [1.165, 1.54) is 0 Å². The molecule has 0 saturated carbocycles. The Hall–Kier alpha value is -2.47. The van der Waals surface area contributed by atoms with Gasteiger partial charge in [-0.05, 0) is 36.8 Å². The second kappa shape index (κ2) is 8.74. The maximum absolute atomic E-state index is 10.1. The largest absolute Gasteiger partial charge is 0.387 e. The summed E-state index contributed by atoms with van der Waals surface area (Å²) in [7, 11) is 0. The lowest BCUT2D eigenvalue weighted by atomic mass is 10.1. The molecular formula is C16H21N5O. The molecule has 0 aliphatic heterocycles. The Morgan fingerprint density at radius 1 is 1.18 bits per heavy atom. The summed E-state index contributed by atoms with van der Waals surface area (Å²) in [5.74, 6) is 0.654. The van der Waals surface area contributed by atoms with Crippen LogP contribution in [0.2, 0.25) is 0 Å². The van der Waals surface area contributed by atoms with Crippen LogP contribution in [-0.2, 0) is 6.54 Å². The minimum Gasteiger partial charge on any atom is -0.387 e. The first-order valence-electron chi connectivity index (χ1n) is 7.29. The summed E-state index contributed by atoms with van der Waals surface area (Å²) < 4.78 is 0. The molecule has 0 aliphatic carbocycles. The van der Waals surface area contributed by atoms with Crippen molar-refractivity contribution in [1.82, 2.24) is 20.6 Å². The zero-order valence-electron chi connectivity index (χ0n) is 12.6. The van der Waals surface area contributed by atoms with E-state index in [1.807, 2.05) is 25.1 Å². The fourth-order valence-electron chi connectivity index (χ4n) is 1.89. The molecule has 6 nitrogen and oxygen atoms in total. The summed E-state index contributed by atoms with van der Waals surface area (Å²) in [6, 6.07) is 9.33. The van der Waals surface area contributed by atoms with E-state index in [0.717, 1.165) is 17.8 Å². The fraction of sp³-hybridized carbons (Fsp3) is 0.312. The predicted molar refractivity (Wildman–Crippen MR) is 86.3 cm³/mol. The number of aliphatic imine (C=N–C) groups is 1. The first-order chi connectivity index (χ1) is 10.8. The van der Waals surface area contributed by atoms with E-state index in [1.54, 1.807) is 30.7 Å². The molecule has 2 aromatic rings. The maximum atomic E-state index is 10.1. The van der Waals surface area contributed by atoms with Crippen LogP contribution in [0.5, 0.6) is 0 Å². The summed E-state index contributed by atoms with van der Waals surface area (Å²) in [6.45, 7) is 3.61. The van der Waals surface area contributed by atoms with Crippen LogP contribution in [0.4, 0.5) is 0 Å². The molecule has 1 unspecified atom stereocenters. The van der Waals surface area contributed by atoms with Gasteiger partial charge in [-0.3, -0.25) is 9.97 Å². The van der Waals surface area contributed by atoms with Gasteiger partial charge in [0.1, 0.15) is 0 Å². The minimum atomic E-state index is -0.610. The lowest BCUT2D eigenvalue weighted by Gasteiger charge is -2.15. The highest BCUT2D eigenvalue weighted by Crippen LogP contribution is 2.09. The molecular weight excluding hydrogens is 278 g/mol. The van der Waals surface area contributed by atoms with Crippen molar-refractivity contribution in [1.29, 1.82) is 0 Å². The van der Waals surface area contributed by atoms with Crippen molar-refractivity contribution in [3.05, 3.63) is 60.2 Å². The predicted octanol–water partition coefficient (Wildman–Crippen LogP) is 1.27. The third-order valence-electron chi connectivity index (χ3n) is 3.02. The molecule has 0 spiro atoms. The van der Waals surface area contributed by atoms with Gasteiger partial charge in [-0.15, -0.1) is 0 Å². The number of hydrogen-bond acceptors (Lipinski definition) is 4. The number of hydrogen-bond donors (Lipinski definition) is 3. The van der Waals surface area contributed by atoms with Crippen LogP contribution in [0.15, 0.2) is 53.9 Å². The van der Waals surface area contributed by atoms with Crippen LogP contribution in [0.25, 0.3) is 0 Å². The summed E-state index contributed by atoms with van der Waals surface area (Å²) >= 11 is 0. The first kappa shape index (κ1) is 15.9.